The summed E-state index contributed by atoms with van der Waals surface area (Å²) in [5.74, 6) is 1.87. The zero-order valence-electron chi connectivity index (χ0n) is 11.8. The number of hydrogen-bond donors (Lipinski definition) is 2. The molecule has 1 aromatic carbocycles. The molecule has 0 atom stereocenters. The highest BCUT2D eigenvalue weighted by molar-refractivity contribution is 7.99. The van der Waals surface area contributed by atoms with Crippen molar-refractivity contribution in [1.82, 2.24) is 15.0 Å². The highest BCUT2D eigenvalue weighted by Crippen LogP contribution is 2.17. The van der Waals surface area contributed by atoms with E-state index in [0.29, 0.717) is 22.5 Å². The first-order valence-corrected chi connectivity index (χ1v) is 8.16. The quantitative estimate of drug-likeness (QED) is 0.598. The van der Waals surface area contributed by atoms with Gasteiger partial charge in [-0.15, -0.1) is 0 Å². The lowest BCUT2D eigenvalue weighted by Crippen LogP contribution is -2.09. The Morgan fingerprint density at radius 3 is 2.90 bits per heavy atom. The predicted molar refractivity (Wildman–Crippen MR) is 88.7 cm³/mol. The van der Waals surface area contributed by atoms with E-state index in [1.165, 1.54) is 0 Å². The monoisotopic (exact) mass is 323 g/mol. The smallest absolute Gasteiger partial charge is 0.224 e. The molecule has 21 heavy (non-hydrogen) atoms. The lowest BCUT2D eigenvalue weighted by atomic mass is 10.3. The van der Waals surface area contributed by atoms with Crippen molar-refractivity contribution < 1.29 is 0 Å². The summed E-state index contributed by atoms with van der Waals surface area (Å²) in [5.41, 5.74) is 6.65. The number of hydrogen-bond acceptors (Lipinski definition) is 6. The van der Waals surface area contributed by atoms with Crippen LogP contribution in [0.25, 0.3) is 0 Å². The molecule has 0 saturated carbocycles. The lowest BCUT2D eigenvalue weighted by molar-refractivity contribution is 0.825. The number of nitrogens with two attached hydrogens (primary N) is 1. The average Bonchev–Trinajstić information content (AvgIpc) is 2.45. The van der Waals surface area contributed by atoms with Gasteiger partial charge in [-0.05, 0) is 24.6 Å². The van der Waals surface area contributed by atoms with E-state index < -0.39 is 0 Å². The molecule has 0 unspecified atom stereocenters. The molecule has 0 bridgehead atoms. The molecular weight excluding hydrogens is 306 g/mol. The maximum absolute atomic E-state index is 5.94. The summed E-state index contributed by atoms with van der Waals surface area (Å²) in [5, 5.41) is 4.59. The van der Waals surface area contributed by atoms with Gasteiger partial charge in [0.25, 0.3) is 0 Å². The summed E-state index contributed by atoms with van der Waals surface area (Å²) < 4.78 is 0. The number of nitrogen functional groups attached to an aromatic ring is 1. The molecule has 0 aliphatic carbocycles. The van der Waals surface area contributed by atoms with Crippen LogP contribution in [0.15, 0.2) is 29.4 Å². The zero-order valence-corrected chi connectivity index (χ0v) is 13.4. The van der Waals surface area contributed by atoms with E-state index in [1.54, 1.807) is 11.8 Å². The van der Waals surface area contributed by atoms with Crippen LogP contribution in [-0.2, 0) is 6.54 Å². The van der Waals surface area contributed by atoms with E-state index in [0.717, 1.165) is 24.3 Å². The summed E-state index contributed by atoms with van der Waals surface area (Å²) in [6.45, 7) is 2.64. The van der Waals surface area contributed by atoms with Crippen LogP contribution in [0, 0.1) is 0 Å². The van der Waals surface area contributed by atoms with Crippen LogP contribution in [0.4, 0.5) is 11.6 Å². The fourth-order valence-electron chi connectivity index (χ4n) is 1.65. The second kappa shape index (κ2) is 8.05. The number of nitrogens with one attached hydrogen (secondary N) is 1. The maximum atomic E-state index is 5.94. The molecule has 7 heteroatoms. The number of anilines is 2. The first kappa shape index (κ1) is 15.9. The molecule has 2 rings (SSSR count). The van der Waals surface area contributed by atoms with Gasteiger partial charge in [0, 0.05) is 16.5 Å². The fraction of sp³-hybridized carbons (Fsp3) is 0.357. The van der Waals surface area contributed by atoms with E-state index in [2.05, 4.69) is 27.2 Å². The lowest BCUT2D eigenvalue weighted by Gasteiger charge is -2.07. The van der Waals surface area contributed by atoms with Gasteiger partial charge < -0.3 is 11.1 Å². The summed E-state index contributed by atoms with van der Waals surface area (Å²) >= 11 is 7.55. The van der Waals surface area contributed by atoms with Gasteiger partial charge in [-0.2, -0.15) is 9.97 Å². The number of thioether (sulfide) groups is 1. The Morgan fingerprint density at radius 1 is 1.29 bits per heavy atom. The van der Waals surface area contributed by atoms with Crippen LogP contribution >= 0.6 is 23.4 Å². The highest BCUT2D eigenvalue weighted by Gasteiger charge is 2.05. The second-order valence-corrected chi connectivity index (χ2v) is 5.96. The Hall–Kier alpha value is -1.53. The largest absolute Gasteiger partial charge is 0.378 e. The van der Waals surface area contributed by atoms with Crippen molar-refractivity contribution in [2.24, 2.45) is 0 Å². The molecule has 0 saturated heterocycles. The number of halogens is 1. The summed E-state index contributed by atoms with van der Waals surface area (Å²) in [6, 6.07) is 7.50. The molecule has 0 aliphatic heterocycles. The van der Waals surface area contributed by atoms with E-state index in [9.17, 15) is 0 Å². The fourth-order valence-corrected chi connectivity index (χ4v) is 2.78. The SMILES string of the molecule is CCCCSc1nc(N)nc(CNc2cccc(Cl)c2)n1. The molecule has 2 aromatic rings. The molecule has 3 N–H and O–H groups in total. The van der Waals surface area contributed by atoms with Crippen molar-refractivity contribution in [2.75, 3.05) is 16.8 Å². The molecule has 1 heterocycles. The Labute approximate surface area is 133 Å². The molecule has 112 valence electrons. The number of nitrogens with zero attached hydrogens (tertiary/aromatic N) is 3. The summed E-state index contributed by atoms with van der Waals surface area (Å²) in [4.78, 5) is 12.7. The van der Waals surface area contributed by atoms with E-state index in [4.69, 9.17) is 17.3 Å². The van der Waals surface area contributed by atoms with E-state index in [-0.39, 0.29) is 5.95 Å². The Balaban J connectivity index is 1.99. The van der Waals surface area contributed by atoms with Crippen molar-refractivity contribution in [3.05, 3.63) is 35.1 Å². The minimum Gasteiger partial charge on any atom is -0.378 e. The number of benzene rings is 1. The van der Waals surface area contributed by atoms with Crippen molar-refractivity contribution >= 4 is 35.0 Å². The number of aromatic nitrogens is 3. The minimum absolute atomic E-state index is 0.256. The van der Waals surface area contributed by atoms with Crippen LogP contribution in [0.2, 0.25) is 5.02 Å². The first-order valence-electron chi connectivity index (χ1n) is 6.80. The molecule has 0 fully saturated rings. The zero-order chi connectivity index (χ0) is 15.1. The van der Waals surface area contributed by atoms with Crippen molar-refractivity contribution in [1.29, 1.82) is 0 Å². The Bertz CT molecular complexity index is 593. The summed E-state index contributed by atoms with van der Waals surface area (Å²) in [7, 11) is 0. The van der Waals surface area contributed by atoms with Crippen LogP contribution < -0.4 is 11.1 Å². The van der Waals surface area contributed by atoms with Gasteiger partial charge in [-0.3, -0.25) is 0 Å². The van der Waals surface area contributed by atoms with E-state index >= 15 is 0 Å². The summed E-state index contributed by atoms with van der Waals surface area (Å²) in [6.07, 6.45) is 2.28. The Morgan fingerprint density at radius 2 is 2.14 bits per heavy atom. The van der Waals surface area contributed by atoms with Crippen molar-refractivity contribution in [3.63, 3.8) is 0 Å². The average molecular weight is 324 g/mol. The van der Waals surface area contributed by atoms with Gasteiger partial charge in [0.05, 0.1) is 6.54 Å². The third kappa shape index (κ3) is 5.40. The topological polar surface area (TPSA) is 76.7 Å². The number of rotatable bonds is 7. The van der Waals surface area contributed by atoms with Crippen LogP contribution in [0.1, 0.15) is 25.6 Å². The van der Waals surface area contributed by atoms with Gasteiger partial charge >= 0.3 is 0 Å². The molecular formula is C14H18ClN5S. The maximum Gasteiger partial charge on any atom is 0.224 e. The molecule has 5 nitrogen and oxygen atoms in total. The van der Waals surface area contributed by atoms with Crippen molar-refractivity contribution in [2.45, 2.75) is 31.5 Å². The first-order chi connectivity index (χ1) is 10.2. The third-order valence-corrected chi connectivity index (χ3v) is 3.85. The number of unbranched alkanes of at least 4 members (excludes halogenated alkanes) is 1. The molecule has 0 aliphatic rings. The van der Waals surface area contributed by atoms with Crippen molar-refractivity contribution in [3.8, 4) is 0 Å². The van der Waals surface area contributed by atoms with Crippen LogP contribution in [0.5, 0.6) is 0 Å². The van der Waals surface area contributed by atoms with Gasteiger partial charge in [-0.1, -0.05) is 42.8 Å². The predicted octanol–water partition coefficient (Wildman–Crippen LogP) is 3.61. The molecule has 0 spiro atoms. The van der Waals surface area contributed by atoms with Gasteiger partial charge in [-0.25, -0.2) is 4.98 Å². The van der Waals surface area contributed by atoms with Gasteiger partial charge in [0.2, 0.25) is 5.95 Å². The Kier molecular flexibility index (Phi) is 6.07. The van der Waals surface area contributed by atoms with Gasteiger partial charge in [0.15, 0.2) is 11.0 Å². The standard InChI is InChI=1S/C14H18ClN5S/c1-2-3-7-21-14-19-12(18-13(16)20-14)9-17-11-6-4-5-10(15)8-11/h4-6,8,17H,2-3,7,9H2,1H3,(H2,16,18,19,20). The van der Waals surface area contributed by atoms with E-state index in [1.807, 2.05) is 24.3 Å². The van der Waals surface area contributed by atoms with Gasteiger partial charge in [0.1, 0.15) is 0 Å². The normalized spacial score (nSPS) is 10.6. The molecule has 0 amide bonds. The molecule has 1 aromatic heterocycles. The highest BCUT2D eigenvalue weighted by atomic mass is 35.5. The second-order valence-electron chi connectivity index (χ2n) is 4.46. The minimum atomic E-state index is 0.256. The van der Waals surface area contributed by atoms with Crippen LogP contribution in [0.3, 0.4) is 0 Å². The third-order valence-electron chi connectivity index (χ3n) is 2.68. The van der Waals surface area contributed by atoms with Crippen LogP contribution in [-0.4, -0.2) is 20.7 Å². The molecule has 0 radical (unpaired) electrons.